The number of thiol groups is 1. The summed E-state index contributed by atoms with van der Waals surface area (Å²) in [6.07, 6.45) is 2.01. The summed E-state index contributed by atoms with van der Waals surface area (Å²) in [4.78, 5) is 0. The van der Waals surface area contributed by atoms with Crippen LogP contribution in [-0.4, -0.2) is 11.9 Å². The Balaban J connectivity index is 2.07. The topological polar surface area (TPSA) is 27.5 Å². The minimum Gasteiger partial charge on any atom is -0.633 e. The monoisotopic (exact) mass is 209 g/mol. The van der Waals surface area contributed by atoms with Crippen LogP contribution in [0.1, 0.15) is 24.3 Å². The third kappa shape index (κ3) is 2.11. The van der Waals surface area contributed by atoms with E-state index in [2.05, 4.69) is 24.8 Å². The predicted molar refractivity (Wildman–Crippen MR) is 60.4 cm³/mol. The van der Waals surface area contributed by atoms with Gasteiger partial charge in [-0.25, -0.2) is 0 Å². The summed E-state index contributed by atoms with van der Waals surface area (Å²) in [5.74, 6) is 0.423. The number of hydroxylamine groups is 2. The minimum atomic E-state index is -0.0186. The van der Waals surface area contributed by atoms with Crippen LogP contribution in [0.4, 0.5) is 0 Å². The first kappa shape index (κ1) is 10.0. The number of hydrogen-bond acceptors (Lipinski definition) is 2. The fraction of sp³-hybridized carbons (Fsp3) is 0.455. The van der Waals surface area contributed by atoms with E-state index in [4.69, 9.17) is 0 Å². The van der Waals surface area contributed by atoms with Crippen molar-refractivity contribution in [2.45, 2.75) is 24.1 Å². The number of rotatable bonds is 1. The van der Waals surface area contributed by atoms with Crippen molar-refractivity contribution in [1.29, 1.82) is 0 Å². The van der Waals surface area contributed by atoms with Gasteiger partial charge in [0.15, 0.2) is 0 Å². The molecule has 1 N–H and O–H groups in total. The van der Waals surface area contributed by atoms with E-state index < -0.39 is 0 Å². The molecule has 1 aromatic carbocycles. The molecule has 0 bridgehead atoms. The molecular formula is C11H15NOS. The molecule has 0 radical (unpaired) electrons. The molecule has 2 rings (SSSR count). The molecule has 0 aromatic heterocycles. The van der Waals surface area contributed by atoms with Gasteiger partial charge in [-0.15, -0.1) is 12.6 Å². The van der Waals surface area contributed by atoms with Gasteiger partial charge >= 0.3 is 0 Å². The van der Waals surface area contributed by atoms with Crippen molar-refractivity contribution in [2.75, 3.05) is 6.54 Å². The normalized spacial score (nSPS) is 32.9. The van der Waals surface area contributed by atoms with Gasteiger partial charge in [-0.3, -0.25) is 0 Å². The molecule has 1 aliphatic heterocycles. The molecule has 1 saturated heterocycles. The zero-order valence-electron chi connectivity index (χ0n) is 8.02. The molecule has 1 fully saturated rings. The zero-order valence-corrected chi connectivity index (χ0v) is 8.91. The van der Waals surface area contributed by atoms with E-state index in [1.807, 2.05) is 18.2 Å². The van der Waals surface area contributed by atoms with Crippen LogP contribution >= 0.6 is 12.6 Å². The molecule has 1 aromatic rings. The highest BCUT2D eigenvalue weighted by atomic mass is 32.1. The maximum Gasteiger partial charge on any atom is 0.131 e. The summed E-state index contributed by atoms with van der Waals surface area (Å²) in [5.41, 5.74) is 1.29. The Kier molecular flexibility index (Phi) is 3.11. The number of hydrogen-bond donors (Lipinski definition) is 2. The van der Waals surface area contributed by atoms with Crippen LogP contribution in [0.3, 0.4) is 0 Å². The van der Waals surface area contributed by atoms with Gasteiger partial charge in [0.1, 0.15) is 5.37 Å². The molecule has 1 aliphatic rings. The highest BCUT2D eigenvalue weighted by Gasteiger charge is 2.25. The second-order valence-corrected chi connectivity index (χ2v) is 4.49. The van der Waals surface area contributed by atoms with Crippen LogP contribution in [0, 0.1) is 5.21 Å². The van der Waals surface area contributed by atoms with E-state index >= 15 is 0 Å². The first-order valence-electron chi connectivity index (χ1n) is 5.03. The first-order valence-corrected chi connectivity index (χ1v) is 5.55. The van der Waals surface area contributed by atoms with Gasteiger partial charge in [-0.2, -0.15) is 0 Å². The van der Waals surface area contributed by atoms with E-state index in [0.29, 0.717) is 17.5 Å². The molecule has 2 nitrogen and oxygen atoms in total. The summed E-state index contributed by atoms with van der Waals surface area (Å²) in [7, 11) is 0. The summed E-state index contributed by atoms with van der Waals surface area (Å²) in [6.45, 7) is 0.665. The molecule has 0 spiro atoms. The Hall–Kier alpha value is -0.510. The van der Waals surface area contributed by atoms with Gasteiger partial charge < -0.3 is 10.3 Å². The summed E-state index contributed by atoms with van der Waals surface area (Å²) in [5, 5.41) is 11.8. The van der Waals surface area contributed by atoms with Crippen LogP contribution < -0.4 is 5.06 Å². The highest BCUT2D eigenvalue weighted by Crippen LogP contribution is 2.23. The molecule has 0 amide bonds. The third-order valence-corrected chi connectivity index (χ3v) is 3.42. The van der Waals surface area contributed by atoms with E-state index in [-0.39, 0.29) is 5.37 Å². The molecule has 0 aliphatic carbocycles. The fourth-order valence-electron chi connectivity index (χ4n) is 2.01. The molecule has 3 atom stereocenters. The molecule has 0 saturated carbocycles. The van der Waals surface area contributed by atoms with Crippen molar-refractivity contribution >= 4 is 12.6 Å². The molecule has 14 heavy (non-hydrogen) atoms. The average molecular weight is 209 g/mol. The second kappa shape index (κ2) is 4.34. The van der Waals surface area contributed by atoms with E-state index in [1.54, 1.807) is 0 Å². The summed E-state index contributed by atoms with van der Waals surface area (Å²) in [6, 6.07) is 10.3. The Morgan fingerprint density at radius 3 is 2.57 bits per heavy atom. The lowest BCUT2D eigenvalue weighted by Crippen LogP contribution is -3.11. The number of quaternary nitrogens is 1. The molecule has 1 heterocycles. The van der Waals surface area contributed by atoms with Crippen molar-refractivity contribution in [3.8, 4) is 0 Å². The van der Waals surface area contributed by atoms with Crippen molar-refractivity contribution < 1.29 is 5.06 Å². The van der Waals surface area contributed by atoms with E-state index in [0.717, 1.165) is 12.8 Å². The van der Waals surface area contributed by atoms with Crippen molar-refractivity contribution in [2.24, 2.45) is 0 Å². The van der Waals surface area contributed by atoms with Crippen LogP contribution in [-0.2, 0) is 0 Å². The minimum absolute atomic E-state index is 0.0186. The van der Waals surface area contributed by atoms with E-state index in [9.17, 15) is 5.21 Å². The Morgan fingerprint density at radius 1 is 1.21 bits per heavy atom. The van der Waals surface area contributed by atoms with Crippen LogP contribution in [0.15, 0.2) is 30.3 Å². The smallest absolute Gasteiger partial charge is 0.131 e. The molecule has 3 heteroatoms. The van der Waals surface area contributed by atoms with Gasteiger partial charge in [0.25, 0.3) is 0 Å². The second-order valence-electron chi connectivity index (χ2n) is 3.87. The van der Waals surface area contributed by atoms with Crippen molar-refractivity contribution in [3.63, 3.8) is 0 Å². The van der Waals surface area contributed by atoms with Gasteiger partial charge in [-0.1, -0.05) is 30.3 Å². The number of nitrogens with one attached hydrogen (secondary N) is 1. The maximum absolute atomic E-state index is 11.5. The standard InChI is InChI=1S/C11H15NOS/c13-12-8-10(6-7-11(12)14)9-4-2-1-3-5-9/h1-5,10-12,14H,6-8H2. The average Bonchev–Trinajstić information content (AvgIpc) is 2.23. The summed E-state index contributed by atoms with van der Waals surface area (Å²) >= 11 is 4.26. The quantitative estimate of drug-likeness (QED) is 0.528. The maximum atomic E-state index is 11.5. The van der Waals surface area contributed by atoms with Crippen LogP contribution in [0.2, 0.25) is 0 Å². The van der Waals surface area contributed by atoms with Crippen molar-refractivity contribution in [1.82, 2.24) is 0 Å². The molecule has 76 valence electrons. The van der Waals surface area contributed by atoms with Gasteiger partial charge in [-0.05, 0) is 12.0 Å². The lowest BCUT2D eigenvalue weighted by Gasteiger charge is -2.36. The Labute approximate surface area is 89.9 Å². The number of benzene rings is 1. The first-order chi connectivity index (χ1) is 6.77. The molecule has 3 unspecified atom stereocenters. The van der Waals surface area contributed by atoms with Gasteiger partial charge in [0.05, 0.1) is 6.54 Å². The SMILES string of the molecule is [O-][NH+]1CC(c2ccccc2)CCC1S. The Bertz CT molecular complexity index is 291. The van der Waals surface area contributed by atoms with Crippen molar-refractivity contribution in [3.05, 3.63) is 41.1 Å². The number of piperidine rings is 1. The Morgan fingerprint density at radius 2 is 1.93 bits per heavy atom. The largest absolute Gasteiger partial charge is 0.633 e. The predicted octanol–water partition coefficient (Wildman–Crippen LogP) is 1.20. The van der Waals surface area contributed by atoms with Gasteiger partial charge in [0.2, 0.25) is 0 Å². The zero-order chi connectivity index (χ0) is 9.97. The summed E-state index contributed by atoms with van der Waals surface area (Å²) < 4.78 is 0. The van der Waals surface area contributed by atoms with Gasteiger partial charge in [0, 0.05) is 12.3 Å². The lowest BCUT2D eigenvalue weighted by molar-refractivity contribution is -0.865. The highest BCUT2D eigenvalue weighted by molar-refractivity contribution is 7.80. The lowest BCUT2D eigenvalue weighted by atomic mass is 9.91. The fourth-order valence-corrected chi connectivity index (χ4v) is 2.27. The van der Waals surface area contributed by atoms with E-state index in [1.165, 1.54) is 5.56 Å². The molecular weight excluding hydrogens is 194 g/mol. The van der Waals surface area contributed by atoms with Crippen LogP contribution in [0.5, 0.6) is 0 Å². The van der Waals surface area contributed by atoms with Crippen LogP contribution in [0.25, 0.3) is 0 Å². The third-order valence-electron chi connectivity index (χ3n) is 2.88.